The summed E-state index contributed by atoms with van der Waals surface area (Å²) in [6, 6.07) is 0. The normalized spacial score (nSPS) is 12.0. The minimum absolute atomic E-state index is 0.0659. The highest BCUT2D eigenvalue weighted by Crippen LogP contribution is 2.19. The van der Waals surface area contributed by atoms with E-state index in [4.69, 9.17) is 14.2 Å². The van der Waals surface area contributed by atoms with Gasteiger partial charge in [0.2, 0.25) is 0 Å². The highest BCUT2D eigenvalue weighted by molar-refractivity contribution is 5.71. The van der Waals surface area contributed by atoms with Crippen molar-refractivity contribution in [2.75, 3.05) is 13.2 Å². The molecule has 0 spiro atoms. The molecule has 456 valence electrons. The zero-order chi connectivity index (χ0) is 55.7. The summed E-state index contributed by atoms with van der Waals surface area (Å²) in [6.07, 6.45) is 79.7. The van der Waals surface area contributed by atoms with Gasteiger partial charge in [0.25, 0.3) is 0 Å². The van der Waals surface area contributed by atoms with Crippen molar-refractivity contribution in [3.63, 3.8) is 0 Å². The third-order valence-corrected chi connectivity index (χ3v) is 16.3. The Balaban J connectivity index is 4.11. The monoisotopic (exact) mass is 1090 g/mol. The molecular weight excluding hydrogens is 949 g/mol. The van der Waals surface area contributed by atoms with Crippen LogP contribution in [0.3, 0.4) is 0 Å². The standard InChI is InChI=1S/C71H136O6/c1-4-7-10-13-16-19-22-25-27-29-30-31-32-33-34-35-36-37-38-39-40-41-42-44-46-49-52-55-58-61-64-70(73)76-67-68(66-75-69(72)63-60-57-54-51-48-45-24-21-18-15-12-9-6-3)77-71(74)65-62-59-56-53-50-47-43-28-26-23-20-17-14-11-8-5-2/h21,24,68H,4-20,22-23,25-67H2,1-3H3/b24-21-. The van der Waals surface area contributed by atoms with E-state index < -0.39 is 6.10 Å². The Hall–Kier alpha value is -1.85. The number of esters is 3. The first-order valence-corrected chi connectivity index (χ1v) is 35.2. The number of carbonyl (C=O) groups excluding carboxylic acids is 3. The molecule has 0 rings (SSSR count). The van der Waals surface area contributed by atoms with Crippen LogP contribution in [0.2, 0.25) is 0 Å². The summed E-state index contributed by atoms with van der Waals surface area (Å²) in [4.78, 5) is 38.3. The molecular formula is C71H136O6. The highest BCUT2D eigenvalue weighted by atomic mass is 16.6. The molecule has 0 saturated heterocycles. The van der Waals surface area contributed by atoms with Crippen LogP contribution >= 0.6 is 0 Å². The molecule has 77 heavy (non-hydrogen) atoms. The average Bonchev–Trinajstić information content (AvgIpc) is 3.43. The van der Waals surface area contributed by atoms with E-state index in [1.165, 1.54) is 302 Å². The SMILES string of the molecule is CCCCCC/C=C\CCCCCCCC(=O)OCC(COC(=O)CCCCCCCCCCCCCCCCCCCCCCCCCCCCCCCC)OC(=O)CCCCCCCCCCCCCCCCCC. The van der Waals surface area contributed by atoms with Crippen LogP contribution in [-0.4, -0.2) is 37.2 Å². The van der Waals surface area contributed by atoms with Crippen molar-refractivity contribution in [1.29, 1.82) is 0 Å². The third kappa shape index (κ3) is 64.9. The first-order chi connectivity index (χ1) is 38.0. The lowest BCUT2D eigenvalue weighted by atomic mass is 10.0. The summed E-state index contributed by atoms with van der Waals surface area (Å²) in [5, 5.41) is 0. The van der Waals surface area contributed by atoms with Crippen LogP contribution in [0.15, 0.2) is 12.2 Å². The van der Waals surface area contributed by atoms with Crippen LogP contribution in [0.4, 0.5) is 0 Å². The van der Waals surface area contributed by atoms with Crippen LogP contribution in [0.25, 0.3) is 0 Å². The van der Waals surface area contributed by atoms with Crippen molar-refractivity contribution in [3.05, 3.63) is 12.2 Å². The van der Waals surface area contributed by atoms with Gasteiger partial charge in [-0.2, -0.15) is 0 Å². The number of carbonyl (C=O) groups is 3. The number of unbranched alkanes of at least 4 members (excludes halogenated alkanes) is 53. The predicted molar refractivity (Wildman–Crippen MR) is 335 cm³/mol. The Kier molecular flexibility index (Phi) is 65.1. The number of allylic oxidation sites excluding steroid dienone is 2. The Morgan fingerprint density at radius 2 is 0.429 bits per heavy atom. The van der Waals surface area contributed by atoms with E-state index in [1.54, 1.807) is 0 Å². The van der Waals surface area contributed by atoms with Crippen molar-refractivity contribution in [1.82, 2.24) is 0 Å². The molecule has 0 aromatic carbocycles. The molecule has 0 aliphatic heterocycles. The van der Waals surface area contributed by atoms with E-state index in [9.17, 15) is 14.4 Å². The van der Waals surface area contributed by atoms with Gasteiger partial charge in [0.1, 0.15) is 13.2 Å². The van der Waals surface area contributed by atoms with E-state index in [0.29, 0.717) is 19.3 Å². The van der Waals surface area contributed by atoms with Crippen molar-refractivity contribution < 1.29 is 28.6 Å². The second-order valence-corrected chi connectivity index (χ2v) is 24.2. The molecule has 6 heteroatoms. The lowest BCUT2D eigenvalue weighted by Gasteiger charge is -2.18. The smallest absolute Gasteiger partial charge is 0.306 e. The Morgan fingerprint density at radius 1 is 0.247 bits per heavy atom. The van der Waals surface area contributed by atoms with Gasteiger partial charge >= 0.3 is 17.9 Å². The number of rotatable bonds is 66. The molecule has 0 aromatic rings. The van der Waals surface area contributed by atoms with Gasteiger partial charge in [0.15, 0.2) is 6.10 Å². The quantitative estimate of drug-likeness (QED) is 0.0261. The van der Waals surface area contributed by atoms with Gasteiger partial charge in [0.05, 0.1) is 0 Å². The Morgan fingerprint density at radius 3 is 0.662 bits per heavy atom. The lowest BCUT2D eigenvalue weighted by molar-refractivity contribution is -0.167. The fourth-order valence-corrected chi connectivity index (χ4v) is 11.0. The fourth-order valence-electron chi connectivity index (χ4n) is 11.0. The molecule has 0 amide bonds. The van der Waals surface area contributed by atoms with Crippen LogP contribution in [0, 0.1) is 0 Å². The summed E-state index contributed by atoms with van der Waals surface area (Å²) in [5.41, 5.74) is 0. The van der Waals surface area contributed by atoms with Gasteiger partial charge in [-0.05, 0) is 44.9 Å². The summed E-state index contributed by atoms with van der Waals surface area (Å²) in [7, 11) is 0. The molecule has 0 fully saturated rings. The fraction of sp³-hybridized carbons (Fsp3) is 0.930. The van der Waals surface area contributed by atoms with Gasteiger partial charge in [-0.25, -0.2) is 0 Å². The van der Waals surface area contributed by atoms with Gasteiger partial charge in [-0.15, -0.1) is 0 Å². The van der Waals surface area contributed by atoms with E-state index in [1.807, 2.05) is 0 Å². The number of hydrogen-bond donors (Lipinski definition) is 0. The number of ether oxygens (including phenoxy) is 3. The van der Waals surface area contributed by atoms with E-state index in [-0.39, 0.29) is 31.1 Å². The zero-order valence-electron chi connectivity index (χ0n) is 52.5. The minimum atomic E-state index is -0.769. The molecule has 0 N–H and O–H groups in total. The van der Waals surface area contributed by atoms with Gasteiger partial charge < -0.3 is 14.2 Å². The van der Waals surface area contributed by atoms with Crippen molar-refractivity contribution in [3.8, 4) is 0 Å². The average molecular weight is 1090 g/mol. The van der Waals surface area contributed by atoms with E-state index in [0.717, 1.165) is 64.2 Å². The largest absolute Gasteiger partial charge is 0.462 e. The molecule has 0 bridgehead atoms. The summed E-state index contributed by atoms with van der Waals surface area (Å²) >= 11 is 0. The highest BCUT2D eigenvalue weighted by Gasteiger charge is 2.19. The molecule has 1 unspecified atom stereocenters. The van der Waals surface area contributed by atoms with Crippen LogP contribution < -0.4 is 0 Å². The topological polar surface area (TPSA) is 78.9 Å². The third-order valence-electron chi connectivity index (χ3n) is 16.3. The molecule has 0 aliphatic carbocycles. The maximum absolute atomic E-state index is 12.9. The van der Waals surface area contributed by atoms with Crippen molar-refractivity contribution in [2.24, 2.45) is 0 Å². The van der Waals surface area contributed by atoms with Gasteiger partial charge in [-0.1, -0.05) is 354 Å². The second kappa shape index (κ2) is 66.7. The lowest BCUT2D eigenvalue weighted by Crippen LogP contribution is -2.30. The molecule has 0 heterocycles. The minimum Gasteiger partial charge on any atom is -0.462 e. The van der Waals surface area contributed by atoms with Gasteiger partial charge in [-0.3, -0.25) is 14.4 Å². The molecule has 0 aromatic heterocycles. The maximum Gasteiger partial charge on any atom is 0.306 e. The summed E-state index contributed by atoms with van der Waals surface area (Å²) < 4.78 is 17.0. The maximum atomic E-state index is 12.9. The zero-order valence-corrected chi connectivity index (χ0v) is 52.5. The molecule has 0 aliphatic rings. The van der Waals surface area contributed by atoms with Crippen LogP contribution in [-0.2, 0) is 28.6 Å². The Labute approximate surface area is 481 Å². The van der Waals surface area contributed by atoms with E-state index in [2.05, 4.69) is 32.9 Å². The van der Waals surface area contributed by atoms with Crippen molar-refractivity contribution in [2.45, 2.75) is 412 Å². The molecule has 1 atom stereocenters. The molecule has 6 nitrogen and oxygen atoms in total. The second-order valence-electron chi connectivity index (χ2n) is 24.2. The van der Waals surface area contributed by atoms with Crippen LogP contribution in [0.5, 0.6) is 0 Å². The first kappa shape index (κ1) is 75.2. The molecule has 0 radical (unpaired) electrons. The van der Waals surface area contributed by atoms with Crippen LogP contribution in [0.1, 0.15) is 406 Å². The van der Waals surface area contributed by atoms with E-state index >= 15 is 0 Å². The number of hydrogen-bond acceptors (Lipinski definition) is 6. The van der Waals surface area contributed by atoms with Crippen molar-refractivity contribution >= 4 is 17.9 Å². The summed E-state index contributed by atoms with van der Waals surface area (Å²) in [5.74, 6) is -0.843. The first-order valence-electron chi connectivity index (χ1n) is 35.2. The predicted octanol–water partition coefficient (Wildman–Crippen LogP) is 24.0. The van der Waals surface area contributed by atoms with Gasteiger partial charge in [0, 0.05) is 19.3 Å². The molecule has 0 saturated carbocycles. The summed E-state index contributed by atoms with van der Waals surface area (Å²) in [6.45, 7) is 6.70. The Bertz CT molecular complexity index is 1200.